The molecule has 0 fully saturated rings. The first kappa shape index (κ1) is 25.2. The van der Waals surface area contributed by atoms with Crippen LogP contribution in [0.5, 0.6) is 5.75 Å². The highest BCUT2D eigenvalue weighted by Gasteiger charge is 2.28. The zero-order valence-corrected chi connectivity index (χ0v) is 19.4. The maximum Gasteiger partial charge on any atom is 0.434 e. The Morgan fingerprint density at radius 3 is 2.28 bits per heavy atom. The first-order chi connectivity index (χ1) is 15.5. The minimum atomic E-state index is -0.541. The van der Waals surface area contributed by atoms with E-state index < -0.39 is 6.09 Å². The second-order valence-electron chi connectivity index (χ2n) is 7.70. The lowest BCUT2D eigenvalue weighted by atomic mass is 9.98. The maximum atomic E-state index is 12.8. The lowest BCUT2D eigenvalue weighted by molar-refractivity contribution is -0.142. The van der Waals surface area contributed by atoms with Crippen molar-refractivity contribution >= 4 is 17.6 Å². The van der Waals surface area contributed by atoms with Gasteiger partial charge in [-0.05, 0) is 49.6 Å². The highest BCUT2D eigenvalue weighted by molar-refractivity contribution is 5.76. The van der Waals surface area contributed by atoms with Crippen LogP contribution >= 0.6 is 0 Å². The average Bonchev–Trinajstić information content (AvgIpc) is 2.79. The van der Waals surface area contributed by atoms with Gasteiger partial charge in [0.15, 0.2) is 0 Å². The summed E-state index contributed by atoms with van der Waals surface area (Å²) in [6.07, 6.45) is 1.90. The number of hydrogen-bond donors (Lipinski definition) is 1. The van der Waals surface area contributed by atoms with Crippen LogP contribution in [0.2, 0.25) is 0 Å². The number of anilines is 1. The SMILES string of the molecule is CCC[C@H](C[C@@H](CC(C)=O)Nc1ccc(OC)cc1)N(OC)C(=O)OCc1ccccc1. The van der Waals surface area contributed by atoms with E-state index in [4.69, 9.17) is 14.3 Å². The summed E-state index contributed by atoms with van der Waals surface area (Å²) in [4.78, 5) is 30.1. The molecule has 174 valence electrons. The summed E-state index contributed by atoms with van der Waals surface area (Å²) in [5.74, 6) is 0.830. The molecule has 0 saturated carbocycles. The number of hydrogen-bond acceptors (Lipinski definition) is 6. The molecule has 1 N–H and O–H groups in total. The van der Waals surface area contributed by atoms with Crippen LogP contribution in [0, 0.1) is 0 Å². The standard InChI is InChI=1S/C25H34N2O5/c1-5-9-23(27(31-4)25(29)32-18-20-10-7-6-8-11-20)17-22(16-19(2)28)26-21-12-14-24(30-3)15-13-21/h6-8,10-15,22-23,26H,5,9,16-18H2,1-4H3/t22-,23-/m1/s1. The molecule has 0 saturated heterocycles. The van der Waals surface area contributed by atoms with E-state index in [0.29, 0.717) is 19.3 Å². The second kappa shape index (κ2) is 13.4. The summed E-state index contributed by atoms with van der Waals surface area (Å²) in [6, 6.07) is 16.6. The maximum absolute atomic E-state index is 12.8. The molecule has 0 spiro atoms. The summed E-state index contributed by atoms with van der Waals surface area (Å²) >= 11 is 0. The third kappa shape index (κ3) is 8.23. The third-order valence-electron chi connectivity index (χ3n) is 5.09. The van der Waals surface area contributed by atoms with Crippen molar-refractivity contribution in [1.29, 1.82) is 0 Å². The summed E-state index contributed by atoms with van der Waals surface area (Å²) in [5, 5.41) is 4.70. The fourth-order valence-corrected chi connectivity index (χ4v) is 3.61. The van der Waals surface area contributed by atoms with Gasteiger partial charge in [0.2, 0.25) is 0 Å². The molecule has 0 radical (unpaired) electrons. The number of ether oxygens (including phenoxy) is 2. The van der Waals surface area contributed by atoms with Crippen molar-refractivity contribution in [3.05, 3.63) is 60.2 Å². The highest BCUT2D eigenvalue weighted by Crippen LogP contribution is 2.22. The van der Waals surface area contributed by atoms with Gasteiger partial charge in [0.25, 0.3) is 0 Å². The molecule has 2 aromatic carbocycles. The number of ketones is 1. The summed E-state index contributed by atoms with van der Waals surface area (Å²) in [5.41, 5.74) is 1.78. The number of Topliss-reactive ketones (excluding diaryl/α,β-unsaturated/α-hetero) is 1. The van der Waals surface area contributed by atoms with Crippen LogP contribution in [-0.4, -0.2) is 43.2 Å². The summed E-state index contributed by atoms with van der Waals surface area (Å²) in [7, 11) is 3.08. The zero-order chi connectivity index (χ0) is 23.3. The van der Waals surface area contributed by atoms with E-state index in [9.17, 15) is 9.59 Å². The number of rotatable bonds is 13. The van der Waals surface area contributed by atoms with Crippen LogP contribution in [0.25, 0.3) is 0 Å². The first-order valence-electron chi connectivity index (χ1n) is 10.9. The van der Waals surface area contributed by atoms with Crippen LogP contribution in [0.3, 0.4) is 0 Å². The van der Waals surface area contributed by atoms with E-state index in [-0.39, 0.29) is 24.5 Å². The Labute approximate surface area is 190 Å². The number of hydroxylamine groups is 2. The molecule has 0 aliphatic rings. The smallest absolute Gasteiger partial charge is 0.434 e. The Morgan fingerprint density at radius 1 is 1.03 bits per heavy atom. The number of methoxy groups -OCH3 is 1. The van der Waals surface area contributed by atoms with Crippen molar-refractivity contribution in [1.82, 2.24) is 5.06 Å². The number of nitrogens with one attached hydrogen (secondary N) is 1. The van der Waals surface area contributed by atoms with Crippen LogP contribution in [0.15, 0.2) is 54.6 Å². The molecule has 32 heavy (non-hydrogen) atoms. The average molecular weight is 443 g/mol. The fraction of sp³-hybridized carbons (Fsp3) is 0.440. The van der Waals surface area contributed by atoms with Gasteiger partial charge >= 0.3 is 6.09 Å². The summed E-state index contributed by atoms with van der Waals surface area (Å²) in [6.45, 7) is 3.78. The third-order valence-corrected chi connectivity index (χ3v) is 5.09. The summed E-state index contributed by atoms with van der Waals surface area (Å²) < 4.78 is 10.7. The van der Waals surface area contributed by atoms with E-state index in [1.807, 2.05) is 61.5 Å². The van der Waals surface area contributed by atoms with Crippen molar-refractivity contribution in [2.24, 2.45) is 0 Å². The second-order valence-corrected chi connectivity index (χ2v) is 7.70. The Kier molecular flexibility index (Phi) is 10.5. The van der Waals surface area contributed by atoms with E-state index in [1.165, 1.54) is 12.2 Å². The molecule has 0 aliphatic heterocycles. The lowest BCUT2D eigenvalue weighted by Crippen LogP contribution is -2.43. The van der Waals surface area contributed by atoms with Crippen molar-refractivity contribution in [2.45, 2.75) is 58.2 Å². The molecule has 7 heteroatoms. The van der Waals surface area contributed by atoms with Gasteiger partial charge < -0.3 is 14.8 Å². The van der Waals surface area contributed by atoms with E-state index in [0.717, 1.165) is 23.4 Å². The van der Waals surface area contributed by atoms with Gasteiger partial charge in [0.1, 0.15) is 18.1 Å². The normalized spacial score (nSPS) is 12.5. The Bertz CT molecular complexity index is 826. The van der Waals surface area contributed by atoms with Crippen LogP contribution in [0.1, 0.15) is 45.1 Å². The van der Waals surface area contributed by atoms with Crippen molar-refractivity contribution in [3.8, 4) is 5.75 Å². The van der Waals surface area contributed by atoms with E-state index >= 15 is 0 Å². The lowest BCUT2D eigenvalue weighted by Gasteiger charge is -2.31. The number of carbonyl (C=O) groups is 2. The molecular weight excluding hydrogens is 408 g/mol. The fourth-order valence-electron chi connectivity index (χ4n) is 3.61. The quantitative estimate of drug-likeness (QED) is 0.429. The molecular formula is C25H34N2O5. The van der Waals surface area contributed by atoms with Gasteiger partial charge in [-0.2, -0.15) is 5.06 Å². The Balaban J connectivity index is 2.09. The molecule has 7 nitrogen and oxygen atoms in total. The van der Waals surface area contributed by atoms with Gasteiger partial charge in [0.05, 0.1) is 20.3 Å². The molecule has 1 amide bonds. The number of benzene rings is 2. The van der Waals surface area contributed by atoms with Gasteiger partial charge in [-0.3, -0.25) is 9.63 Å². The molecule has 2 rings (SSSR count). The number of nitrogens with zero attached hydrogens (tertiary/aromatic N) is 1. The van der Waals surface area contributed by atoms with E-state index in [2.05, 4.69) is 5.32 Å². The number of carbonyl (C=O) groups excluding carboxylic acids is 2. The number of amides is 1. The molecule has 2 atom stereocenters. The van der Waals surface area contributed by atoms with Crippen LogP contribution in [0.4, 0.5) is 10.5 Å². The predicted molar refractivity (Wildman–Crippen MR) is 124 cm³/mol. The highest BCUT2D eigenvalue weighted by atomic mass is 16.7. The first-order valence-corrected chi connectivity index (χ1v) is 10.9. The molecule has 0 bridgehead atoms. The topological polar surface area (TPSA) is 77.1 Å². The van der Waals surface area contributed by atoms with Gasteiger partial charge in [-0.1, -0.05) is 43.7 Å². The van der Waals surface area contributed by atoms with Gasteiger partial charge in [-0.15, -0.1) is 0 Å². The van der Waals surface area contributed by atoms with Gasteiger partial charge in [-0.25, -0.2) is 4.79 Å². The van der Waals surface area contributed by atoms with Crippen LogP contribution < -0.4 is 10.1 Å². The minimum absolute atomic E-state index is 0.0712. The Hall–Kier alpha value is -3.06. The van der Waals surface area contributed by atoms with E-state index in [1.54, 1.807) is 14.0 Å². The predicted octanol–water partition coefficient (Wildman–Crippen LogP) is 5.21. The monoisotopic (exact) mass is 442 g/mol. The molecule has 0 aliphatic carbocycles. The Morgan fingerprint density at radius 2 is 1.72 bits per heavy atom. The molecule has 0 aromatic heterocycles. The molecule has 0 heterocycles. The van der Waals surface area contributed by atoms with Crippen molar-refractivity contribution < 1.29 is 23.9 Å². The zero-order valence-electron chi connectivity index (χ0n) is 19.4. The van der Waals surface area contributed by atoms with Gasteiger partial charge in [0, 0.05) is 18.2 Å². The van der Waals surface area contributed by atoms with Crippen molar-refractivity contribution in [2.75, 3.05) is 19.5 Å². The van der Waals surface area contributed by atoms with Crippen LogP contribution in [-0.2, 0) is 21.0 Å². The molecule has 0 unspecified atom stereocenters. The molecule has 2 aromatic rings. The largest absolute Gasteiger partial charge is 0.497 e. The van der Waals surface area contributed by atoms with Crippen molar-refractivity contribution in [3.63, 3.8) is 0 Å². The minimum Gasteiger partial charge on any atom is -0.497 e.